The predicted octanol–water partition coefficient (Wildman–Crippen LogP) is 0.979. The van der Waals surface area contributed by atoms with Crippen LogP contribution in [0.3, 0.4) is 0 Å². The fourth-order valence-corrected chi connectivity index (χ4v) is 1.90. The third-order valence-electron chi connectivity index (χ3n) is 3.27. The van der Waals surface area contributed by atoms with Gasteiger partial charge in [-0.3, -0.25) is 10.2 Å². The van der Waals surface area contributed by atoms with Crippen molar-refractivity contribution in [1.29, 1.82) is 0 Å². The van der Waals surface area contributed by atoms with Crippen molar-refractivity contribution in [3.63, 3.8) is 0 Å². The second kappa shape index (κ2) is 10.2. The fourth-order valence-electron chi connectivity index (χ4n) is 1.90. The van der Waals surface area contributed by atoms with Crippen LogP contribution in [-0.4, -0.2) is 32.6 Å². The Balaban J connectivity index is 1.80. The first-order valence-corrected chi connectivity index (χ1v) is 7.89. The number of nitrogens with zero attached hydrogens (tertiary/aromatic N) is 2. The Hall–Kier alpha value is -3.81. The molecule has 0 aliphatic rings. The molecule has 0 saturated carbocycles. The Bertz CT molecular complexity index is 828. The van der Waals surface area contributed by atoms with E-state index in [0.29, 0.717) is 0 Å². The van der Waals surface area contributed by atoms with Crippen molar-refractivity contribution in [2.24, 2.45) is 10.2 Å². The highest BCUT2D eigenvalue weighted by atomic mass is 16.5. The average molecular weight is 367 g/mol. The lowest BCUT2D eigenvalue weighted by atomic mass is 10.2. The summed E-state index contributed by atoms with van der Waals surface area (Å²) in [6.07, 6.45) is 3.71. The number of rotatable bonds is 8. The number of amides is 1. The van der Waals surface area contributed by atoms with Crippen molar-refractivity contribution in [1.82, 2.24) is 10.9 Å². The predicted molar refractivity (Wildman–Crippen MR) is 101 cm³/mol. The number of carbonyl (C=O) groups excluding carboxylic acids is 1. The molecule has 2 aromatic carbocycles. The smallest absolute Gasteiger partial charge is 0.264 e. The minimum absolute atomic E-state index is 0.670. The maximum absolute atomic E-state index is 11.6. The molecule has 8 heteroatoms. The minimum Gasteiger partial charge on any atom is -0.859 e. The molecule has 0 aliphatic carbocycles. The number of nitrogens with one attached hydrogen (secondary N) is 2. The molecule has 0 atom stereocenters. The lowest BCUT2D eigenvalue weighted by Crippen LogP contribution is -2.23. The van der Waals surface area contributed by atoms with E-state index in [4.69, 9.17) is 9.47 Å². The zero-order valence-corrected chi connectivity index (χ0v) is 14.9. The van der Waals surface area contributed by atoms with E-state index in [0.717, 1.165) is 28.7 Å². The van der Waals surface area contributed by atoms with Gasteiger partial charge in [0, 0.05) is 6.08 Å². The van der Waals surface area contributed by atoms with E-state index in [2.05, 4.69) is 21.1 Å². The first-order chi connectivity index (χ1) is 13.1. The standard InChI is InChI=1S/C19H20N4O4/c1-26-16-7-3-14(4-8-16)12-20-22-18(24)11-19(25)23-21-13-15-5-9-17(27-2)10-6-15/h3-13,22,24H,1-2H3,(H,23,25)/p-1/b18-11-,20-12+,21-13+. The molecule has 2 N–H and O–H groups in total. The third kappa shape index (κ3) is 6.91. The Labute approximate surface area is 156 Å². The first kappa shape index (κ1) is 19.5. The number of hydrogen-bond donors (Lipinski definition) is 2. The van der Waals surface area contributed by atoms with E-state index in [1.165, 1.54) is 12.4 Å². The summed E-state index contributed by atoms with van der Waals surface area (Å²) in [4.78, 5) is 11.6. The van der Waals surface area contributed by atoms with Crippen LogP contribution in [0.4, 0.5) is 0 Å². The van der Waals surface area contributed by atoms with E-state index in [-0.39, 0.29) is 0 Å². The molecule has 27 heavy (non-hydrogen) atoms. The van der Waals surface area contributed by atoms with Gasteiger partial charge in [0.05, 0.1) is 26.6 Å². The van der Waals surface area contributed by atoms with Crippen LogP contribution >= 0.6 is 0 Å². The summed E-state index contributed by atoms with van der Waals surface area (Å²) in [5.41, 5.74) is 5.99. The largest absolute Gasteiger partial charge is 0.859 e. The molecule has 140 valence electrons. The second-order valence-electron chi connectivity index (χ2n) is 5.16. The van der Waals surface area contributed by atoms with Gasteiger partial charge in [0.2, 0.25) is 0 Å². The van der Waals surface area contributed by atoms with Gasteiger partial charge in [0.25, 0.3) is 5.91 Å². The number of ether oxygens (including phenoxy) is 2. The summed E-state index contributed by atoms with van der Waals surface area (Å²) in [7, 11) is 3.15. The monoisotopic (exact) mass is 367 g/mol. The highest BCUT2D eigenvalue weighted by Crippen LogP contribution is 2.10. The van der Waals surface area contributed by atoms with Crippen LogP contribution < -0.4 is 25.4 Å². The highest BCUT2D eigenvalue weighted by molar-refractivity contribution is 5.89. The molecule has 0 fully saturated rings. The number of methoxy groups -OCH3 is 2. The Kier molecular flexibility index (Phi) is 7.40. The first-order valence-electron chi connectivity index (χ1n) is 7.89. The van der Waals surface area contributed by atoms with Gasteiger partial charge in [-0.25, -0.2) is 5.43 Å². The highest BCUT2D eigenvalue weighted by Gasteiger charge is 1.94. The average Bonchev–Trinajstić information content (AvgIpc) is 2.69. The van der Waals surface area contributed by atoms with Gasteiger partial charge < -0.3 is 14.6 Å². The Morgan fingerprint density at radius 3 is 1.74 bits per heavy atom. The number of hydrogen-bond acceptors (Lipinski definition) is 7. The molecule has 0 aliphatic heterocycles. The van der Waals surface area contributed by atoms with Gasteiger partial charge in [-0.15, -0.1) is 0 Å². The summed E-state index contributed by atoms with van der Waals surface area (Å²) in [5, 5.41) is 19.2. The lowest BCUT2D eigenvalue weighted by molar-refractivity contribution is -0.311. The summed E-state index contributed by atoms with van der Waals surface area (Å²) in [6.45, 7) is 0. The molecule has 0 radical (unpaired) electrons. The minimum atomic E-state index is -0.670. The Morgan fingerprint density at radius 1 is 0.852 bits per heavy atom. The van der Waals surface area contributed by atoms with E-state index in [1.807, 2.05) is 0 Å². The van der Waals surface area contributed by atoms with Gasteiger partial charge in [0.15, 0.2) is 0 Å². The third-order valence-corrected chi connectivity index (χ3v) is 3.27. The SMILES string of the molecule is COc1ccc(/C=N/NC(=O)/C=C(\[O-])N/N=C/c2ccc(OC)cc2)cc1. The van der Waals surface area contributed by atoms with Gasteiger partial charge >= 0.3 is 0 Å². The molecule has 0 unspecified atom stereocenters. The van der Waals surface area contributed by atoms with E-state index >= 15 is 0 Å². The molecular formula is C19H19N4O4-. The normalized spacial score (nSPS) is 11.6. The van der Waals surface area contributed by atoms with Crippen LogP contribution in [0.25, 0.3) is 0 Å². The molecule has 0 heterocycles. The molecule has 0 saturated heterocycles. The van der Waals surface area contributed by atoms with Crippen LogP contribution in [0.2, 0.25) is 0 Å². The van der Waals surface area contributed by atoms with Crippen molar-refractivity contribution >= 4 is 18.3 Å². The zero-order chi connectivity index (χ0) is 19.5. The summed E-state index contributed by atoms with van der Waals surface area (Å²) in [5.74, 6) is 0.0987. The summed E-state index contributed by atoms with van der Waals surface area (Å²) < 4.78 is 10.1. The van der Waals surface area contributed by atoms with Gasteiger partial charge in [-0.2, -0.15) is 10.2 Å². The van der Waals surface area contributed by atoms with Crippen LogP contribution in [0.1, 0.15) is 11.1 Å². The lowest BCUT2D eigenvalue weighted by Gasteiger charge is -2.09. The maximum Gasteiger partial charge on any atom is 0.264 e. The van der Waals surface area contributed by atoms with Crippen molar-refractivity contribution < 1.29 is 19.4 Å². The summed E-state index contributed by atoms with van der Waals surface area (Å²) >= 11 is 0. The van der Waals surface area contributed by atoms with Gasteiger partial charge in [0.1, 0.15) is 11.5 Å². The molecule has 2 rings (SSSR count). The van der Waals surface area contributed by atoms with Crippen molar-refractivity contribution in [2.45, 2.75) is 0 Å². The van der Waals surface area contributed by atoms with E-state index < -0.39 is 11.8 Å². The van der Waals surface area contributed by atoms with Crippen molar-refractivity contribution in [3.8, 4) is 11.5 Å². The van der Waals surface area contributed by atoms with Crippen molar-refractivity contribution in [3.05, 3.63) is 71.6 Å². The molecule has 2 aromatic rings. The zero-order valence-electron chi connectivity index (χ0n) is 14.9. The van der Waals surface area contributed by atoms with Gasteiger partial charge in [-0.05, 0) is 65.5 Å². The molecule has 8 nitrogen and oxygen atoms in total. The quantitative estimate of drug-likeness (QED) is 0.313. The van der Waals surface area contributed by atoms with Crippen LogP contribution in [0, 0.1) is 0 Å². The Morgan fingerprint density at radius 2 is 1.30 bits per heavy atom. The van der Waals surface area contributed by atoms with E-state index in [1.54, 1.807) is 62.8 Å². The number of hydrazone groups is 2. The molecular weight excluding hydrogens is 348 g/mol. The molecule has 1 amide bonds. The van der Waals surface area contributed by atoms with Crippen LogP contribution in [-0.2, 0) is 4.79 Å². The molecule has 0 spiro atoms. The van der Waals surface area contributed by atoms with Crippen LogP contribution in [0.5, 0.6) is 11.5 Å². The number of carbonyl (C=O) groups is 1. The second-order valence-corrected chi connectivity index (χ2v) is 5.16. The summed E-state index contributed by atoms with van der Waals surface area (Å²) in [6, 6.07) is 14.2. The number of benzene rings is 2. The maximum atomic E-state index is 11.6. The fraction of sp³-hybridized carbons (Fsp3) is 0.105. The van der Waals surface area contributed by atoms with Crippen LogP contribution in [0.15, 0.2) is 70.7 Å². The molecule has 0 aromatic heterocycles. The van der Waals surface area contributed by atoms with Crippen molar-refractivity contribution in [2.75, 3.05) is 14.2 Å². The molecule has 0 bridgehead atoms. The van der Waals surface area contributed by atoms with E-state index in [9.17, 15) is 9.90 Å². The topological polar surface area (TPSA) is 107 Å². The van der Waals surface area contributed by atoms with Gasteiger partial charge in [-0.1, -0.05) is 0 Å².